The average molecular weight is 472 g/mol. The molecule has 1 aromatic rings. The number of benzene rings is 1. The number of rotatable bonds is 4. The monoisotopic (exact) mass is 471 g/mol. The zero-order chi connectivity index (χ0) is 25.3. The van der Waals surface area contributed by atoms with Crippen molar-refractivity contribution in [3.05, 3.63) is 51.5 Å². The quantitative estimate of drug-likeness (QED) is 0.385. The fourth-order valence-corrected chi connectivity index (χ4v) is 5.80. The van der Waals surface area contributed by atoms with Crippen LogP contribution in [-0.2, 0) is 22.6 Å². The number of phenolic OH excluding ortho intramolecular Hbond substituents is 1. The second-order valence-corrected chi connectivity index (χ2v) is 9.80. The number of carbonyl (C=O) groups is 3. The molecule has 0 aromatic heterocycles. The van der Waals surface area contributed by atoms with E-state index in [1.54, 1.807) is 20.2 Å². The normalized spacial score (nSPS) is 28.9. The lowest BCUT2D eigenvalue weighted by atomic mass is 9.58. The molecular formula is C24H29N3O7. The minimum Gasteiger partial charge on any atom is -0.510 e. The van der Waals surface area contributed by atoms with E-state index >= 15 is 0 Å². The Bertz CT molecular complexity index is 1180. The van der Waals surface area contributed by atoms with Crippen LogP contribution in [0.25, 0.3) is 0 Å². The van der Waals surface area contributed by atoms with Gasteiger partial charge in [0, 0.05) is 18.0 Å². The summed E-state index contributed by atoms with van der Waals surface area (Å²) in [6.45, 7) is 0.519. The Balaban J connectivity index is 1.95. The van der Waals surface area contributed by atoms with E-state index in [-0.39, 0.29) is 29.7 Å². The van der Waals surface area contributed by atoms with Crippen LogP contribution in [0.2, 0.25) is 0 Å². The second kappa shape index (κ2) is 7.93. The number of carbonyl (C=O) groups excluding carboxylic acids is 3. The van der Waals surface area contributed by atoms with Crippen LogP contribution in [0.4, 0.5) is 0 Å². The number of allylic oxidation sites excluding steroid dienone is 1. The van der Waals surface area contributed by atoms with Gasteiger partial charge in [0.05, 0.1) is 11.6 Å². The summed E-state index contributed by atoms with van der Waals surface area (Å²) in [5.74, 6) is -6.47. The van der Waals surface area contributed by atoms with Gasteiger partial charge in [0.1, 0.15) is 22.8 Å². The van der Waals surface area contributed by atoms with Crippen molar-refractivity contribution in [1.29, 1.82) is 0 Å². The summed E-state index contributed by atoms with van der Waals surface area (Å²) in [5.41, 5.74) is 3.25. The predicted octanol–water partition coefficient (Wildman–Crippen LogP) is 0.182. The molecule has 34 heavy (non-hydrogen) atoms. The zero-order valence-corrected chi connectivity index (χ0v) is 19.5. The Morgan fingerprint density at radius 3 is 2.35 bits per heavy atom. The number of amides is 1. The minimum atomic E-state index is -2.62. The number of aromatic hydroxyl groups is 1. The molecule has 6 N–H and O–H groups in total. The highest BCUT2D eigenvalue weighted by Gasteiger charge is 2.63. The Morgan fingerprint density at radius 2 is 1.79 bits per heavy atom. The van der Waals surface area contributed by atoms with Crippen LogP contribution in [0.15, 0.2) is 34.8 Å². The number of hydrogen-bond acceptors (Lipinski definition) is 9. The maximum atomic E-state index is 13.6. The van der Waals surface area contributed by atoms with E-state index in [1.165, 1.54) is 11.0 Å². The summed E-state index contributed by atoms with van der Waals surface area (Å²) in [4.78, 5) is 42.2. The third kappa shape index (κ3) is 3.17. The molecule has 0 aliphatic heterocycles. The lowest BCUT2D eigenvalue weighted by Gasteiger charge is -2.50. The minimum absolute atomic E-state index is 0.0279. The van der Waals surface area contributed by atoms with Crippen LogP contribution in [0.3, 0.4) is 0 Å². The van der Waals surface area contributed by atoms with Crippen LogP contribution in [0.1, 0.15) is 27.9 Å². The Labute approximate surface area is 196 Å². The number of likely N-dealkylation sites (N-methyl/N-ethyl adjacent to an activating group) is 1. The molecule has 4 rings (SSSR count). The molecule has 10 heteroatoms. The zero-order valence-electron chi connectivity index (χ0n) is 19.5. The van der Waals surface area contributed by atoms with Crippen molar-refractivity contribution in [2.24, 2.45) is 17.6 Å². The summed E-state index contributed by atoms with van der Waals surface area (Å²) in [5, 5.41) is 44.1. The molecule has 0 saturated heterocycles. The van der Waals surface area contributed by atoms with Crippen molar-refractivity contribution in [3.8, 4) is 5.75 Å². The first-order valence-electron chi connectivity index (χ1n) is 11.0. The lowest BCUT2D eigenvalue weighted by molar-refractivity contribution is -0.148. The topological polar surface area (TPSA) is 165 Å². The smallest absolute Gasteiger partial charge is 0.255 e. The van der Waals surface area contributed by atoms with Gasteiger partial charge in [-0.2, -0.15) is 0 Å². The Hall–Kier alpha value is -3.21. The molecule has 0 fully saturated rings. The number of hydrogen-bond donors (Lipinski definition) is 5. The summed E-state index contributed by atoms with van der Waals surface area (Å²) in [7, 11) is 6.95. The molecule has 10 nitrogen and oxygen atoms in total. The van der Waals surface area contributed by atoms with Crippen molar-refractivity contribution in [3.63, 3.8) is 0 Å². The van der Waals surface area contributed by atoms with Gasteiger partial charge in [-0.25, -0.2) is 0 Å². The molecule has 0 radical (unpaired) electrons. The number of aliphatic hydroxyl groups excluding tert-OH is 2. The van der Waals surface area contributed by atoms with Gasteiger partial charge < -0.3 is 31.1 Å². The summed E-state index contributed by atoms with van der Waals surface area (Å²) in [6.07, 6.45) is 0.356. The molecule has 0 bridgehead atoms. The standard InChI is InChI=1S/C24H29N3O7/c1-26(2)9-10-5-6-14(28)16-12(10)7-11-8-13-18(27(3)4)20(30)17(23(25)33)22(32)24(13,34)21(31)15(11)19(16)29/h5-6,11,13,18,28,30-31,34H,7-9H2,1-4H3,(H2,25,33)/t11-,13-,18+,24-/m0/s1. The number of nitrogens with two attached hydrogens (primary N) is 1. The maximum Gasteiger partial charge on any atom is 0.255 e. The number of ketones is 2. The number of aliphatic hydroxyl groups is 3. The van der Waals surface area contributed by atoms with Crippen LogP contribution in [0.5, 0.6) is 5.75 Å². The van der Waals surface area contributed by atoms with E-state index in [4.69, 9.17) is 5.73 Å². The van der Waals surface area contributed by atoms with E-state index in [0.717, 1.165) is 5.56 Å². The van der Waals surface area contributed by atoms with E-state index < -0.39 is 58.0 Å². The number of Topliss-reactive ketones (excluding diaryl/α,β-unsaturated/α-hetero) is 2. The van der Waals surface area contributed by atoms with Crippen LogP contribution in [0, 0.1) is 11.8 Å². The van der Waals surface area contributed by atoms with Gasteiger partial charge in [-0.05, 0) is 64.1 Å². The maximum absolute atomic E-state index is 13.6. The lowest BCUT2D eigenvalue weighted by Crippen LogP contribution is -2.63. The van der Waals surface area contributed by atoms with Gasteiger partial charge in [-0.3, -0.25) is 19.3 Å². The predicted molar refractivity (Wildman–Crippen MR) is 121 cm³/mol. The van der Waals surface area contributed by atoms with Gasteiger partial charge in [-0.15, -0.1) is 0 Å². The SMILES string of the molecule is CN(C)Cc1ccc(O)c2c1C[C@H]1C[C@H]3[C@@H](N(C)C)C(O)=C(C(N)=O)C(=O)[C@@]3(O)C(O)=C1C2=O. The van der Waals surface area contributed by atoms with Crippen molar-refractivity contribution >= 4 is 17.5 Å². The second-order valence-electron chi connectivity index (χ2n) is 9.80. The highest BCUT2D eigenvalue weighted by molar-refractivity contribution is 6.24. The number of phenols is 1. The first kappa shape index (κ1) is 23.9. The molecule has 182 valence electrons. The first-order chi connectivity index (χ1) is 15.8. The Morgan fingerprint density at radius 1 is 1.15 bits per heavy atom. The highest BCUT2D eigenvalue weighted by atomic mass is 16.3. The molecule has 1 amide bonds. The number of primary amides is 1. The van der Waals surface area contributed by atoms with Crippen molar-refractivity contribution in [2.75, 3.05) is 28.2 Å². The molecular weight excluding hydrogens is 442 g/mol. The third-order valence-electron chi connectivity index (χ3n) is 7.19. The van der Waals surface area contributed by atoms with Crippen LogP contribution >= 0.6 is 0 Å². The van der Waals surface area contributed by atoms with Crippen LogP contribution < -0.4 is 5.73 Å². The fraction of sp³-hybridized carbons (Fsp3) is 0.458. The fourth-order valence-electron chi connectivity index (χ4n) is 5.80. The van der Waals surface area contributed by atoms with Gasteiger partial charge in [0.2, 0.25) is 5.78 Å². The van der Waals surface area contributed by atoms with Gasteiger partial charge in [0.25, 0.3) is 5.91 Å². The van der Waals surface area contributed by atoms with Crippen molar-refractivity contribution in [1.82, 2.24) is 9.80 Å². The van der Waals surface area contributed by atoms with E-state index in [0.29, 0.717) is 12.1 Å². The largest absolute Gasteiger partial charge is 0.510 e. The van der Waals surface area contributed by atoms with Gasteiger partial charge >= 0.3 is 0 Å². The molecule has 1 aromatic carbocycles. The molecule has 0 heterocycles. The third-order valence-corrected chi connectivity index (χ3v) is 7.19. The molecule has 3 aliphatic carbocycles. The molecule has 0 saturated carbocycles. The van der Waals surface area contributed by atoms with E-state index in [9.17, 15) is 34.8 Å². The summed E-state index contributed by atoms with van der Waals surface area (Å²) >= 11 is 0. The van der Waals surface area contributed by atoms with E-state index in [2.05, 4.69) is 0 Å². The van der Waals surface area contributed by atoms with Gasteiger partial charge in [0.15, 0.2) is 11.4 Å². The number of fused-ring (bicyclic) bond motifs is 3. The van der Waals surface area contributed by atoms with E-state index in [1.807, 2.05) is 19.0 Å². The molecule has 4 atom stereocenters. The molecule has 0 spiro atoms. The van der Waals surface area contributed by atoms with Crippen LogP contribution in [-0.4, -0.2) is 87.5 Å². The van der Waals surface area contributed by atoms with Crippen molar-refractivity contribution < 1.29 is 34.8 Å². The highest BCUT2D eigenvalue weighted by Crippen LogP contribution is 2.52. The molecule has 0 unspecified atom stereocenters. The summed E-state index contributed by atoms with van der Waals surface area (Å²) < 4.78 is 0. The van der Waals surface area contributed by atoms with Gasteiger partial charge in [-0.1, -0.05) is 6.07 Å². The average Bonchev–Trinajstić information content (AvgIpc) is 2.72. The molecule has 3 aliphatic rings. The Kier molecular flexibility index (Phi) is 5.58. The first-order valence-corrected chi connectivity index (χ1v) is 11.0. The van der Waals surface area contributed by atoms with Crippen molar-refractivity contribution in [2.45, 2.75) is 31.0 Å². The number of nitrogens with zero attached hydrogens (tertiary/aromatic N) is 2. The summed E-state index contributed by atoms with van der Waals surface area (Å²) in [6, 6.07) is 2.15.